The number of halogens is 1. The molecule has 0 fully saturated rings. The van der Waals surface area contributed by atoms with Crippen molar-refractivity contribution in [3.05, 3.63) is 32.1 Å². The number of aliphatic imine (C=N–C) groups is 1. The lowest BCUT2D eigenvalue weighted by Gasteiger charge is -2.39. The maximum atomic E-state index is 12.6. The summed E-state index contributed by atoms with van der Waals surface area (Å²) in [4.78, 5) is 20.2. The lowest BCUT2D eigenvalue weighted by Crippen LogP contribution is -2.49. The molecule has 21 heavy (non-hydrogen) atoms. The molecule has 1 amide bonds. The average Bonchev–Trinajstić information content (AvgIpc) is 2.74. The van der Waals surface area contributed by atoms with Crippen LogP contribution in [0.25, 0.3) is 0 Å². The summed E-state index contributed by atoms with van der Waals surface area (Å²) >= 11 is 5.18. The van der Waals surface area contributed by atoms with Crippen molar-refractivity contribution in [3.8, 4) is 0 Å². The molecule has 1 aliphatic rings. The highest BCUT2D eigenvalue weighted by Crippen LogP contribution is 2.44. The summed E-state index contributed by atoms with van der Waals surface area (Å²) in [5, 5.41) is 2.05. The van der Waals surface area contributed by atoms with Crippen LogP contribution in [-0.4, -0.2) is 23.7 Å². The van der Waals surface area contributed by atoms with Crippen molar-refractivity contribution in [1.82, 2.24) is 4.90 Å². The first-order valence-corrected chi connectivity index (χ1v) is 8.41. The SMILES string of the molecule is CC(N)=CC1=N[C@](C)(c2scc(Br)c2C)[C@@H](C)C(=O)N1C. The Balaban J connectivity index is 2.65. The van der Waals surface area contributed by atoms with Crippen LogP contribution in [0.15, 0.2) is 26.6 Å². The highest BCUT2D eigenvalue weighted by atomic mass is 79.9. The average molecular weight is 370 g/mol. The van der Waals surface area contributed by atoms with E-state index in [0.29, 0.717) is 11.5 Å². The second kappa shape index (κ2) is 5.57. The summed E-state index contributed by atoms with van der Waals surface area (Å²) in [6.45, 7) is 7.80. The van der Waals surface area contributed by atoms with Crippen molar-refractivity contribution >= 4 is 39.0 Å². The maximum Gasteiger partial charge on any atom is 0.233 e. The van der Waals surface area contributed by atoms with Gasteiger partial charge in [0.05, 0.1) is 5.92 Å². The molecule has 2 heterocycles. The maximum absolute atomic E-state index is 12.6. The molecule has 114 valence electrons. The van der Waals surface area contributed by atoms with E-state index in [0.717, 1.165) is 14.9 Å². The molecule has 6 heteroatoms. The molecule has 0 spiro atoms. The zero-order valence-corrected chi connectivity index (χ0v) is 15.3. The van der Waals surface area contributed by atoms with Gasteiger partial charge < -0.3 is 5.73 Å². The van der Waals surface area contributed by atoms with E-state index >= 15 is 0 Å². The van der Waals surface area contributed by atoms with Crippen LogP contribution in [0, 0.1) is 12.8 Å². The Kier molecular flexibility index (Phi) is 4.31. The molecule has 0 aromatic carbocycles. The fourth-order valence-electron chi connectivity index (χ4n) is 2.53. The van der Waals surface area contributed by atoms with Crippen LogP contribution >= 0.6 is 27.3 Å². The van der Waals surface area contributed by atoms with Gasteiger partial charge in [0.15, 0.2) is 0 Å². The zero-order valence-electron chi connectivity index (χ0n) is 12.9. The van der Waals surface area contributed by atoms with E-state index in [4.69, 9.17) is 10.7 Å². The Morgan fingerprint density at radius 1 is 1.62 bits per heavy atom. The van der Waals surface area contributed by atoms with Gasteiger partial charge in [-0.1, -0.05) is 6.92 Å². The van der Waals surface area contributed by atoms with Gasteiger partial charge in [0.25, 0.3) is 0 Å². The third kappa shape index (κ3) is 2.66. The van der Waals surface area contributed by atoms with Crippen LogP contribution < -0.4 is 5.73 Å². The monoisotopic (exact) mass is 369 g/mol. The second-order valence-corrected chi connectivity index (χ2v) is 7.40. The van der Waals surface area contributed by atoms with Gasteiger partial charge in [-0.25, -0.2) is 0 Å². The zero-order chi connectivity index (χ0) is 15.9. The van der Waals surface area contributed by atoms with E-state index in [1.807, 2.05) is 19.2 Å². The number of hydrogen-bond donors (Lipinski definition) is 1. The van der Waals surface area contributed by atoms with E-state index in [1.165, 1.54) is 0 Å². The van der Waals surface area contributed by atoms with E-state index < -0.39 is 5.54 Å². The number of thiophene rings is 1. The van der Waals surface area contributed by atoms with Gasteiger partial charge in [0, 0.05) is 27.5 Å². The number of nitrogens with two attached hydrogens (primary N) is 1. The lowest BCUT2D eigenvalue weighted by atomic mass is 9.82. The van der Waals surface area contributed by atoms with E-state index in [1.54, 1.807) is 36.3 Å². The predicted octanol–water partition coefficient (Wildman–Crippen LogP) is 3.40. The third-order valence-corrected chi connectivity index (χ3v) is 6.47. The molecular weight excluding hydrogens is 350 g/mol. The van der Waals surface area contributed by atoms with Crippen LogP contribution in [0.2, 0.25) is 0 Å². The van der Waals surface area contributed by atoms with Crippen LogP contribution in [-0.2, 0) is 10.3 Å². The molecule has 4 nitrogen and oxygen atoms in total. The van der Waals surface area contributed by atoms with Crippen molar-refractivity contribution in [3.63, 3.8) is 0 Å². The molecule has 1 aromatic rings. The minimum absolute atomic E-state index is 0.0592. The Bertz CT molecular complexity index is 645. The lowest BCUT2D eigenvalue weighted by molar-refractivity contribution is -0.133. The van der Waals surface area contributed by atoms with Crippen LogP contribution in [0.3, 0.4) is 0 Å². The largest absolute Gasteiger partial charge is 0.402 e. The molecule has 2 N–H and O–H groups in total. The molecule has 0 unspecified atom stereocenters. The van der Waals surface area contributed by atoms with Crippen molar-refractivity contribution in [2.75, 3.05) is 7.05 Å². The number of allylic oxidation sites excluding steroid dienone is 1. The number of nitrogens with zero attached hydrogens (tertiary/aromatic N) is 2. The topological polar surface area (TPSA) is 58.7 Å². The van der Waals surface area contributed by atoms with Crippen LogP contribution in [0.1, 0.15) is 31.2 Å². The third-order valence-electron chi connectivity index (χ3n) is 4.03. The summed E-state index contributed by atoms with van der Waals surface area (Å²) in [5.41, 5.74) is 6.98. The summed E-state index contributed by atoms with van der Waals surface area (Å²) in [6.07, 6.45) is 1.75. The standard InChI is InChI=1S/C15H20BrN3OS/c1-8(17)6-12-18-15(4,10(3)14(20)19(12)5)13-9(2)11(16)7-21-13/h6-7,10H,17H2,1-5H3/t10-,15-/m0/s1. The summed E-state index contributed by atoms with van der Waals surface area (Å²) < 4.78 is 1.06. The van der Waals surface area contributed by atoms with Crippen molar-refractivity contribution < 1.29 is 4.79 Å². The number of carbonyl (C=O) groups is 1. The number of amidine groups is 1. The number of amides is 1. The van der Waals surface area contributed by atoms with Gasteiger partial charge in [-0.05, 0) is 48.3 Å². The fraction of sp³-hybridized carbons (Fsp3) is 0.467. The quantitative estimate of drug-likeness (QED) is 0.868. The minimum atomic E-state index is -0.564. The first kappa shape index (κ1) is 16.2. The van der Waals surface area contributed by atoms with Crippen LogP contribution in [0.5, 0.6) is 0 Å². The first-order valence-electron chi connectivity index (χ1n) is 6.73. The van der Waals surface area contributed by atoms with Crippen molar-refractivity contribution in [2.24, 2.45) is 16.6 Å². The molecule has 1 aliphatic heterocycles. The molecule has 2 atom stereocenters. The molecular formula is C15H20BrN3OS. The van der Waals surface area contributed by atoms with Gasteiger partial charge in [0.2, 0.25) is 5.91 Å². The highest BCUT2D eigenvalue weighted by Gasteiger charge is 2.45. The summed E-state index contributed by atoms with van der Waals surface area (Å²) in [5.74, 6) is 0.454. The van der Waals surface area contributed by atoms with Crippen LogP contribution in [0.4, 0.5) is 0 Å². The molecule has 0 saturated carbocycles. The smallest absolute Gasteiger partial charge is 0.233 e. The van der Waals surface area contributed by atoms with E-state index in [9.17, 15) is 4.79 Å². The molecule has 0 aliphatic carbocycles. The Hall–Kier alpha value is -1.14. The number of rotatable bonds is 2. The van der Waals surface area contributed by atoms with Gasteiger partial charge in [0.1, 0.15) is 11.4 Å². The summed E-state index contributed by atoms with van der Waals surface area (Å²) in [6, 6.07) is 0. The van der Waals surface area contributed by atoms with Crippen molar-refractivity contribution in [2.45, 2.75) is 33.2 Å². The Morgan fingerprint density at radius 3 is 2.71 bits per heavy atom. The molecule has 0 radical (unpaired) electrons. The number of likely N-dealkylation sites (N-methyl/N-ethyl adjacent to an activating group) is 1. The van der Waals surface area contributed by atoms with Gasteiger partial charge in [-0.2, -0.15) is 0 Å². The van der Waals surface area contributed by atoms with E-state index in [2.05, 4.69) is 22.9 Å². The van der Waals surface area contributed by atoms with Crippen molar-refractivity contribution in [1.29, 1.82) is 0 Å². The summed E-state index contributed by atoms with van der Waals surface area (Å²) in [7, 11) is 1.74. The first-order chi connectivity index (χ1) is 9.68. The molecule has 1 aromatic heterocycles. The predicted molar refractivity (Wildman–Crippen MR) is 91.4 cm³/mol. The number of carbonyl (C=O) groups excluding carboxylic acids is 1. The minimum Gasteiger partial charge on any atom is -0.402 e. The molecule has 0 bridgehead atoms. The van der Waals surface area contributed by atoms with Gasteiger partial charge in [-0.3, -0.25) is 14.7 Å². The van der Waals surface area contributed by atoms with Gasteiger partial charge >= 0.3 is 0 Å². The number of hydrogen-bond acceptors (Lipinski definition) is 4. The van der Waals surface area contributed by atoms with Gasteiger partial charge in [-0.15, -0.1) is 11.3 Å². The fourth-order valence-corrected chi connectivity index (χ4v) is 4.28. The highest BCUT2D eigenvalue weighted by molar-refractivity contribution is 9.10. The normalized spacial score (nSPS) is 27.0. The Morgan fingerprint density at radius 2 is 2.24 bits per heavy atom. The Labute approximate surface area is 137 Å². The van der Waals surface area contributed by atoms with E-state index in [-0.39, 0.29) is 11.8 Å². The second-order valence-electron chi connectivity index (χ2n) is 5.66. The molecule has 0 saturated heterocycles. The molecule has 2 rings (SSSR count).